The van der Waals surface area contributed by atoms with Gasteiger partial charge in [-0.25, -0.2) is 0 Å². The molecule has 21 aliphatic heterocycles. The summed E-state index contributed by atoms with van der Waals surface area (Å²) in [4.78, 5) is 0. The highest BCUT2D eigenvalue weighted by molar-refractivity contribution is 5.03. The van der Waals surface area contributed by atoms with Crippen LogP contribution in [0.3, 0.4) is 0 Å². The molecule has 42 heteroatoms. The molecular formula is C63H126N14O28. The van der Waals surface area contributed by atoms with E-state index < -0.39 is 215 Å². The predicted octanol–water partition coefficient (Wildman–Crippen LogP) is -15.6. The maximum Gasteiger partial charge on any atom is 0.187 e. The van der Waals surface area contributed by atoms with Crippen LogP contribution in [0.4, 0.5) is 0 Å². The van der Waals surface area contributed by atoms with Crippen molar-refractivity contribution < 1.29 is 138 Å². The first-order valence-corrected chi connectivity index (χ1v) is 37.2. The third kappa shape index (κ3) is 23.7. The van der Waals surface area contributed by atoms with Gasteiger partial charge in [0.15, 0.2) is 44.0 Å². The Kier molecular flexibility index (Phi) is 38.3. The molecule has 35 atom stereocenters. The average molecular weight is 1530 g/mol. The Balaban J connectivity index is 1.19. The van der Waals surface area contributed by atoms with E-state index in [1.807, 2.05) is 0 Å². The zero-order valence-corrected chi connectivity index (χ0v) is 59.5. The lowest BCUT2D eigenvalue weighted by atomic mass is 9.94. The number of rotatable bonds is 35. The van der Waals surface area contributed by atoms with Crippen LogP contribution in [-0.2, 0) is 66.3 Å². The highest BCUT2D eigenvalue weighted by Gasteiger charge is 2.60. The van der Waals surface area contributed by atoms with Gasteiger partial charge in [0.05, 0.1) is 0 Å². The van der Waals surface area contributed by atoms with Crippen molar-refractivity contribution in [2.75, 3.05) is 137 Å². The SMILES string of the molecule is NCCCNC[C@@H]1O[C@@H]2O[C@H]3[C@H](O)[C@@H](O)[C@@H](O[C@H]4[C@H](O)[C@H](O)[C@@H](O[C@H]5[C@H](O)[C@H](O)[C@@H](O[C@H]6[C@@H](O)[C@H](O)[C@@H](O[C@H]7[C@H](O)[C@@H](O)[C@@H](O[C@H]8[C@H](O)[C@@H](O)[C@@H](O[C@H]1[C@H](O)[C@H]2O)O[C@H]8CNCCCN)O[C@@H]7CNCCCN)O[C@@H]6CNCCCN)O[C@@H]5CNCCCN)O[C@@H]4CNCCCN)O[C@H]3CNCCCN. The van der Waals surface area contributed by atoms with Crippen LogP contribution in [0.15, 0.2) is 0 Å². The Bertz CT molecular complexity index is 1950. The number of ether oxygens (including phenoxy) is 14. The van der Waals surface area contributed by atoms with Gasteiger partial charge >= 0.3 is 0 Å². The second-order valence-corrected chi connectivity index (χ2v) is 27.8. The van der Waals surface area contributed by atoms with E-state index in [1.54, 1.807) is 0 Å². The lowest BCUT2D eigenvalue weighted by Gasteiger charge is -2.50. The Morgan fingerprint density at radius 1 is 0.171 bits per heavy atom. The molecule has 0 aromatic carbocycles. The number of aliphatic hydroxyl groups excluding tert-OH is 14. The van der Waals surface area contributed by atoms with Crippen LogP contribution in [0.25, 0.3) is 0 Å². The minimum absolute atomic E-state index is 0.154. The number of aliphatic hydroxyl groups is 14. The minimum atomic E-state index is -2.05. The summed E-state index contributed by atoms with van der Waals surface area (Å²) in [6.45, 7) is 3.00. The van der Waals surface area contributed by atoms with Crippen LogP contribution in [0, 0.1) is 0 Å². The summed E-state index contributed by atoms with van der Waals surface area (Å²) in [5.41, 5.74) is 40.8. The Morgan fingerprint density at radius 3 is 0.390 bits per heavy atom. The molecule has 0 aromatic rings. The monoisotopic (exact) mass is 1530 g/mol. The van der Waals surface area contributed by atoms with Gasteiger partial charge in [-0.2, -0.15) is 0 Å². The van der Waals surface area contributed by atoms with Gasteiger partial charge in [-0.3, -0.25) is 0 Å². The van der Waals surface area contributed by atoms with Crippen LogP contribution >= 0.6 is 0 Å². The predicted molar refractivity (Wildman–Crippen MR) is 365 cm³/mol. The Hall–Kier alpha value is -1.68. The second-order valence-electron chi connectivity index (χ2n) is 27.8. The maximum atomic E-state index is 12.2. The quantitative estimate of drug-likeness (QED) is 0.0262. The van der Waals surface area contributed by atoms with Crippen molar-refractivity contribution in [3.05, 3.63) is 0 Å². The average Bonchev–Trinajstić information content (AvgIpc) is 0.793. The van der Waals surface area contributed by atoms with E-state index in [2.05, 4.69) is 37.2 Å². The third-order valence-electron chi connectivity index (χ3n) is 19.8. The highest BCUT2D eigenvalue weighted by atomic mass is 16.8. The first-order chi connectivity index (χ1) is 50.7. The molecule has 21 fully saturated rings. The summed E-state index contributed by atoms with van der Waals surface area (Å²) < 4.78 is 89.5. The molecule has 14 bridgehead atoms. The highest BCUT2D eigenvalue weighted by Crippen LogP contribution is 2.39. The molecule has 21 saturated heterocycles. The molecular weight excluding hydrogens is 1400 g/mol. The van der Waals surface area contributed by atoms with E-state index in [4.69, 9.17) is 106 Å². The maximum absolute atomic E-state index is 12.2. The van der Waals surface area contributed by atoms with Gasteiger partial charge in [-0.1, -0.05) is 0 Å². The lowest BCUT2D eigenvalue weighted by molar-refractivity contribution is -0.392. The van der Waals surface area contributed by atoms with Gasteiger partial charge in [0.25, 0.3) is 0 Å². The molecule has 0 aliphatic carbocycles. The minimum Gasteiger partial charge on any atom is -0.387 e. The molecule has 42 nitrogen and oxygen atoms in total. The fourth-order valence-corrected chi connectivity index (χ4v) is 13.8. The van der Waals surface area contributed by atoms with Gasteiger partial charge < -0.3 is 215 Å². The zero-order chi connectivity index (χ0) is 75.9. The van der Waals surface area contributed by atoms with Crippen molar-refractivity contribution in [2.24, 2.45) is 40.1 Å². The lowest BCUT2D eigenvalue weighted by Crippen LogP contribution is -2.69. The fraction of sp³-hybridized carbons (Fsp3) is 1.00. The van der Waals surface area contributed by atoms with Gasteiger partial charge in [-0.05, 0) is 137 Å². The molecule has 21 rings (SSSR count). The van der Waals surface area contributed by atoms with E-state index >= 15 is 0 Å². The van der Waals surface area contributed by atoms with Crippen molar-refractivity contribution in [3.63, 3.8) is 0 Å². The van der Waals surface area contributed by atoms with E-state index in [9.17, 15) is 71.5 Å². The molecule has 0 amide bonds. The van der Waals surface area contributed by atoms with E-state index in [1.165, 1.54) is 0 Å². The zero-order valence-electron chi connectivity index (χ0n) is 59.5. The molecule has 21 aliphatic rings. The molecule has 0 aromatic heterocycles. The first kappa shape index (κ1) is 88.9. The topological polar surface area (TPSA) is 679 Å². The summed E-state index contributed by atoms with van der Waals surface area (Å²) in [6, 6.07) is 0. The van der Waals surface area contributed by atoms with Gasteiger partial charge in [0.2, 0.25) is 0 Å². The van der Waals surface area contributed by atoms with Crippen LogP contribution in [0.1, 0.15) is 44.9 Å². The summed E-state index contributed by atoms with van der Waals surface area (Å²) in [6.07, 6.45) is -58.5. The fourth-order valence-electron chi connectivity index (χ4n) is 13.8. The summed E-state index contributed by atoms with van der Waals surface area (Å²) in [7, 11) is 0. The second kappa shape index (κ2) is 45.3. The van der Waals surface area contributed by atoms with Crippen LogP contribution in [0.5, 0.6) is 0 Å². The third-order valence-corrected chi connectivity index (χ3v) is 19.8. The number of nitrogens with one attached hydrogen (secondary N) is 7. The molecule has 0 spiro atoms. The smallest absolute Gasteiger partial charge is 0.187 e. The van der Waals surface area contributed by atoms with E-state index in [-0.39, 0.29) is 91.6 Å². The van der Waals surface area contributed by atoms with E-state index in [0.717, 1.165) is 0 Å². The van der Waals surface area contributed by atoms with Gasteiger partial charge in [0, 0.05) is 45.8 Å². The van der Waals surface area contributed by atoms with Crippen LogP contribution < -0.4 is 77.4 Å². The molecule has 0 radical (unpaired) electrons. The number of hydrogen-bond donors (Lipinski definition) is 28. The first-order valence-electron chi connectivity index (χ1n) is 37.2. The van der Waals surface area contributed by atoms with E-state index in [0.29, 0.717) is 90.8 Å². The molecule has 21 heterocycles. The normalized spacial score (nSPS) is 43.8. The van der Waals surface area contributed by atoms with Crippen molar-refractivity contribution in [1.82, 2.24) is 37.2 Å². The van der Waals surface area contributed by atoms with Crippen LogP contribution in [0.2, 0.25) is 0 Å². The van der Waals surface area contributed by atoms with Gasteiger partial charge in [-0.15, -0.1) is 0 Å². The Morgan fingerprint density at radius 2 is 0.286 bits per heavy atom. The van der Waals surface area contributed by atoms with Crippen molar-refractivity contribution >= 4 is 0 Å². The molecule has 0 saturated carbocycles. The van der Waals surface area contributed by atoms with Crippen molar-refractivity contribution in [2.45, 2.75) is 260 Å². The summed E-state index contributed by atoms with van der Waals surface area (Å²) in [5.74, 6) is 0. The largest absolute Gasteiger partial charge is 0.387 e. The molecule has 616 valence electrons. The standard InChI is InChI=1S/C63H126N14O28/c64-8-1-15-71-22-29-50-36(78)43(85)57(92-29)100-51-30(23-72-16-2-9-65)94-59(45(87)38(51)80)102-53-32(25-74-18-4-11-67)96-61(47(89)40(53)82)104-55-34(27-76-20-6-13-69)98-63(49(91)42(55)84)105-56-35(28-77-21-7-14-70)97-62(48(90)41(56)83)103-54-33(26-75-19-5-12-68)95-60(46(88)39(54)81)101-52-31(24-73-17-3-10-66)93-58(99-50)44(86)37(52)79/h29-63,71-91H,1-28,64-70H2/t29-,30-,31-,32-,33+,34+,35+,36-,37-,38+,39-,40-,41-,42-,43+,44+,45+,46-,47-,48-,49-,50-,51-,52-,53-,54-,55-,56-,57-,58-,59-,60-,61-,62-,63-/m1/s1. The van der Waals surface area contributed by atoms with Gasteiger partial charge in [0.1, 0.15) is 171 Å². The number of nitrogens with two attached hydrogens (primary N) is 7. The molecule has 105 heavy (non-hydrogen) atoms. The van der Waals surface area contributed by atoms with Crippen molar-refractivity contribution in [1.29, 1.82) is 0 Å². The van der Waals surface area contributed by atoms with Crippen molar-refractivity contribution in [3.8, 4) is 0 Å². The Labute approximate surface area is 610 Å². The summed E-state index contributed by atoms with van der Waals surface area (Å²) >= 11 is 0. The summed E-state index contributed by atoms with van der Waals surface area (Å²) in [5, 5.41) is 192. The van der Waals surface area contributed by atoms with Crippen LogP contribution in [-0.4, -0.2) is 424 Å². The molecule has 35 N–H and O–H groups in total. The molecule has 0 unspecified atom stereocenters. The number of hydrogen-bond acceptors (Lipinski definition) is 42.